The van der Waals surface area contributed by atoms with E-state index in [1.54, 1.807) is 6.26 Å². The average molecular weight is 295 g/mol. The molecular formula is C13H17N3O3S. The lowest BCUT2D eigenvalue weighted by atomic mass is 10.1. The van der Waals surface area contributed by atoms with Crippen LogP contribution in [0.1, 0.15) is 23.8 Å². The Morgan fingerprint density at radius 1 is 1.55 bits per heavy atom. The molecule has 20 heavy (non-hydrogen) atoms. The minimum atomic E-state index is -3.23. The lowest BCUT2D eigenvalue weighted by Crippen LogP contribution is -2.19. The number of nitrogens with one attached hydrogen (secondary N) is 1. The van der Waals surface area contributed by atoms with E-state index in [0.29, 0.717) is 4.90 Å². The van der Waals surface area contributed by atoms with Crippen molar-refractivity contribution in [2.24, 2.45) is 0 Å². The Hall–Kier alpha value is -1.60. The SMILES string of the molecule is CS(=O)(=O)c1cn[nH]c1[C@@H]1CCN(Cc2ccco2)C1. The van der Waals surface area contributed by atoms with Crippen LogP contribution in [0.5, 0.6) is 0 Å². The van der Waals surface area contributed by atoms with Gasteiger partial charge >= 0.3 is 0 Å². The van der Waals surface area contributed by atoms with Crippen LogP contribution in [0.2, 0.25) is 0 Å². The second-order valence-corrected chi connectivity index (χ2v) is 7.20. The molecule has 6 nitrogen and oxygen atoms in total. The van der Waals surface area contributed by atoms with Gasteiger partial charge in [-0.1, -0.05) is 0 Å². The van der Waals surface area contributed by atoms with Gasteiger partial charge in [0.15, 0.2) is 9.84 Å². The predicted octanol–water partition coefficient (Wildman–Crippen LogP) is 1.40. The monoisotopic (exact) mass is 295 g/mol. The van der Waals surface area contributed by atoms with Crippen molar-refractivity contribution in [3.05, 3.63) is 36.0 Å². The third-order valence-corrected chi connectivity index (χ3v) is 4.80. The molecule has 2 aromatic rings. The van der Waals surface area contributed by atoms with Gasteiger partial charge in [-0.15, -0.1) is 0 Å². The molecule has 3 rings (SSSR count). The maximum atomic E-state index is 11.7. The maximum absolute atomic E-state index is 11.7. The van der Waals surface area contributed by atoms with Crippen LogP contribution in [0.3, 0.4) is 0 Å². The largest absolute Gasteiger partial charge is 0.468 e. The summed E-state index contributed by atoms with van der Waals surface area (Å²) in [6.45, 7) is 2.49. The zero-order valence-electron chi connectivity index (χ0n) is 11.2. The fraction of sp³-hybridized carbons (Fsp3) is 0.462. The van der Waals surface area contributed by atoms with Crippen molar-refractivity contribution < 1.29 is 12.8 Å². The number of aromatic amines is 1. The van der Waals surface area contributed by atoms with Gasteiger partial charge in [0.05, 0.1) is 24.7 Å². The number of furan rings is 1. The fourth-order valence-corrected chi connectivity index (χ4v) is 3.56. The first-order valence-corrected chi connectivity index (χ1v) is 8.41. The molecule has 1 atom stereocenters. The number of sulfone groups is 1. The third-order valence-electron chi connectivity index (χ3n) is 3.67. The molecule has 1 aliphatic rings. The molecule has 0 aromatic carbocycles. The van der Waals surface area contributed by atoms with Crippen molar-refractivity contribution >= 4 is 9.84 Å². The summed E-state index contributed by atoms with van der Waals surface area (Å²) in [6, 6.07) is 3.82. The van der Waals surface area contributed by atoms with E-state index in [1.807, 2.05) is 12.1 Å². The van der Waals surface area contributed by atoms with Crippen molar-refractivity contribution in [1.29, 1.82) is 0 Å². The molecular weight excluding hydrogens is 278 g/mol. The normalized spacial score (nSPS) is 20.6. The third kappa shape index (κ3) is 2.64. The van der Waals surface area contributed by atoms with E-state index in [4.69, 9.17) is 4.42 Å². The van der Waals surface area contributed by atoms with Gasteiger partial charge in [-0.05, 0) is 25.1 Å². The zero-order chi connectivity index (χ0) is 14.2. The molecule has 108 valence electrons. The molecule has 0 saturated carbocycles. The van der Waals surface area contributed by atoms with Gasteiger partial charge < -0.3 is 4.42 Å². The van der Waals surface area contributed by atoms with Crippen LogP contribution in [-0.2, 0) is 16.4 Å². The summed E-state index contributed by atoms with van der Waals surface area (Å²) in [5.41, 5.74) is 0.731. The van der Waals surface area contributed by atoms with Gasteiger partial charge in [-0.25, -0.2) is 8.42 Å². The summed E-state index contributed by atoms with van der Waals surface area (Å²) >= 11 is 0. The molecule has 0 unspecified atom stereocenters. The van der Waals surface area contributed by atoms with Gasteiger partial charge in [0.2, 0.25) is 0 Å². The van der Waals surface area contributed by atoms with Crippen LogP contribution >= 0.6 is 0 Å². The van der Waals surface area contributed by atoms with E-state index in [0.717, 1.165) is 37.5 Å². The summed E-state index contributed by atoms with van der Waals surface area (Å²) in [6.07, 6.45) is 5.21. The summed E-state index contributed by atoms with van der Waals surface area (Å²) in [5.74, 6) is 1.11. The van der Waals surface area contributed by atoms with Crippen molar-refractivity contribution in [3.63, 3.8) is 0 Å². The topological polar surface area (TPSA) is 79.2 Å². The Balaban J connectivity index is 1.73. The number of rotatable bonds is 4. The Morgan fingerprint density at radius 2 is 2.40 bits per heavy atom. The van der Waals surface area contributed by atoms with E-state index in [1.165, 1.54) is 12.5 Å². The summed E-state index contributed by atoms with van der Waals surface area (Å²) in [5, 5.41) is 6.75. The standard InChI is InChI=1S/C13H17N3O3S/c1-20(17,18)12-7-14-15-13(12)10-4-5-16(8-10)9-11-3-2-6-19-11/h2-3,6-7,10H,4-5,8-9H2,1H3,(H,14,15)/t10-/m1/s1. The van der Waals surface area contributed by atoms with Gasteiger partial charge in [-0.2, -0.15) is 5.10 Å². The zero-order valence-corrected chi connectivity index (χ0v) is 12.1. The van der Waals surface area contributed by atoms with E-state index >= 15 is 0 Å². The van der Waals surface area contributed by atoms with Crippen molar-refractivity contribution in [1.82, 2.24) is 15.1 Å². The molecule has 0 amide bonds. The van der Waals surface area contributed by atoms with Gasteiger partial charge in [-0.3, -0.25) is 10.00 Å². The number of likely N-dealkylation sites (tertiary alicyclic amines) is 1. The number of hydrogen-bond donors (Lipinski definition) is 1. The van der Waals surface area contributed by atoms with E-state index in [2.05, 4.69) is 15.1 Å². The smallest absolute Gasteiger partial charge is 0.178 e. The van der Waals surface area contributed by atoms with Crippen molar-refractivity contribution in [3.8, 4) is 0 Å². The minimum absolute atomic E-state index is 0.178. The molecule has 1 N–H and O–H groups in total. The lowest BCUT2D eigenvalue weighted by Gasteiger charge is -2.14. The van der Waals surface area contributed by atoms with Crippen LogP contribution in [0, 0.1) is 0 Å². The molecule has 0 aliphatic carbocycles. The Morgan fingerprint density at radius 3 is 3.10 bits per heavy atom. The van der Waals surface area contributed by atoms with Crippen LogP contribution in [0.15, 0.2) is 33.9 Å². The molecule has 1 fully saturated rings. The van der Waals surface area contributed by atoms with Crippen molar-refractivity contribution in [2.45, 2.75) is 23.8 Å². The van der Waals surface area contributed by atoms with Crippen LogP contribution in [0.4, 0.5) is 0 Å². The Kier molecular flexibility index (Phi) is 3.39. The number of aromatic nitrogens is 2. The van der Waals surface area contributed by atoms with Crippen LogP contribution in [-0.4, -0.2) is 42.9 Å². The molecule has 0 radical (unpaired) electrons. The first kappa shape index (κ1) is 13.4. The van der Waals surface area contributed by atoms with Gasteiger partial charge in [0.25, 0.3) is 0 Å². The highest BCUT2D eigenvalue weighted by Gasteiger charge is 2.29. The number of H-pyrrole nitrogens is 1. The van der Waals surface area contributed by atoms with Crippen LogP contribution < -0.4 is 0 Å². The average Bonchev–Trinajstić information content (AvgIpc) is 3.08. The minimum Gasteiger partial charge on any atom is -0.468 e. The van der Waals surface area contributed by atoms with Crippen molar-refractivity contribution in [2.75, 3.05) is 19.3 Å². The van der Waals surface area contributed by atoms with Gasteiger partial charge in [0.1, 0.15) is 10.7 Å². The predicted molar refractivity (Wildman–Crippen MR) is 73.0 cm³/mol. The molecule has 1 saturated heterocycles. The van der Waals surface area contributed by atoms with E-state index in [-0.39, 0.29) is 5.92 Å². The Bertz CT molecular complexity index is 676. The maximum Gasteiger partial charge on any atom is 0.178 e. The first-order valence-electron chi connectivity index (χ1n) is 6.52. The van der Waals surface area contributed by atoms with Crippen LogP contribution in [0.25, 0.3) is 0 Å². The number of hydrogen-bond acceptors (Lipinski definition) is 5. The second kappa shape index (κ2) is 5.06. The fourth-order valence-electron chi connectivity index (χ4n) is 2.71. The molecule has 7 heteroatoms. The summed E-state index contributed by atoms with van der Waals surface area (Å²) < 4.78 is 28.8. The highest BCUT2D eigenvalue weighted by atomic mass is 32.2. The number of nitrogens with zero attached hydrogens (tertiary/aromatic N) is 2. The highest BCUT2D eigenvalue weighted by Crippen LogP contribution is 2.30. The summed E-state index contributed by atoms with van der Waals surface area (Å²) in [7, 11) is -3.23. The highest BCUT2D eigenvalue weighted by molar-refractivity contribution is 7.90. The molecule has 0 spiro atoms. The quantitative estimate of drug-likeness (QED) is 0.922. The molecule has 0 bridgehead atoms. The van der Waals surface area contributed by atoms with Gasteiger partial charge in [0, 0.05) is 18.7 Å². The molecule has 2 aromatic heterocycles. The molecule has 1 aliphatic heterocycles. The summed E-state index contributed by atoms with van der Waals surface area (Å²) in [4.78, 5) is 2.58. The second-order valence-electron chi connectivity index (χ2n) is 5.22. The van der Waals surface area contributed by atoms with E-state index in [9.17, 15) is 8.42 Å². The Labute approximate surface area is 117 Å². The lowest BCUT2D eigenvalue weighted by molar-refractivity contribution is 0.293. The molecule has 3 heterocycles. The first-order chi connectivity index (χ1) is 9.54. The van der Waals surface area contributed by atoms with E-state index < -0.39 is 9.84 Å².